The number of fused-ring (bicyclic) bond motifs is 5. The van der Waals surface area contributed by atoms with Crippen molar-refractivity contribution in [2.45, 2.75) is 26.4 Å². The second-order valence-electron chi connectivity index (χ2n) is 8.16. The molecule has 1 aromatic heterocycles. The van der Waals surface area contributed by atoms with E-state index < -0.39 is 0 Å². The predicted octanol–water partition coefficient (Wildman–Crippen LogP) is 0.0860. The minimum Gasteiger partial charge on any atom is -0.652 e. The van der Waals surface area contributed by atoms with E-state index in [-0.39, 0.29) is 23.4 Å². The number of benzene rings is 1. The lowest BCUT2D eigenvalue weighted by atomic mass is 9.64. The average Bonchev–Trinajstić information content (AvgIpc) is 3.06. The predicted molar refractivity (Wildman–Crippen MR) is 102 cm³/mol. The summed E-state index contributed by atoms with van der Waals surface area (Å²) in [6.45, 7) is 6.22. The van der Waals surface area contributed by atoms with Crippen LogP contribution in [-0.2, 0) is 14.3 Å². The van der Waals surface area contributed by atoms with Crippen LogP contribution in [-0.4, -0.2) is 32.3 Å². The Morgan fingerprint density at radius 3 is 3.00 bits per heavy atom. The second kappa shape index (κ2) is 5.73. The van der Waals surface area contributed by atoms with Crippen molar-refractivity contribution in [3.63, 3.8) is 0 Å². The number of esters is 1. The molecule has 0 amide bonds. The highest BCUT2D eigenvalue weighted by Crippen LogP contribution is 2.45. The van der Waals surface area contributed by atoms with E-state index in [1.165, 1.54) is 28.3 Å². The van der Waals surface area contributed by atoms with Gasteiger partial charge in [0.05, 0.1) is 36.6 Å². The Labute approximate surface area is 157 Å². The van der Waals surface area contributed by atoms with Gasteiger partial charge in [-0.25, -0.2) is 4.79 Å². The molecule has 5 rings (SSSR count). The summed E-state index contributed by atoms with van der Waals surface area (Å²) in [4.78, 5) is 18.8. The van der Waals surface area contributed by atoms with Crippen molar-refractivity contribution in [1.82, 2.24) is 4.98 Å². The third kappa shape index (κ3) is 2.24. The quantitative estimate of drug-likeness (QED) is 0.729. The van der Waals surface area contributed by atoms with Crippen molar-refractivity contribution in [3.05, 3.63) is 46.7 Å². The van der Waals surface area contributed by atoms with E-state index in [2.05, 4.69) is 38.1 Å². The molecule has 0 aliphatic carbocycles. The first-order valence-corrected chi connectivity index (χ1v) is 9.56. The summed E-state index contributed by atoms with van der Waals surface area (Å²) in [7, 11) is 1.44. The molecule has 3 aliphatic heterocycles. The Kier molecular flexibility index (Phi) is 3.53. The Hall–Kier alpha value is -2.53. The molecule has 27 heavy (non-hydrogen) atoms. The van der Waals surface area contributed by atoms with Crippen molar-refractivity contribution < 1.29 is 19.2 Å². The Balaban J connectivity index is 1.70. The van der Waals surface area contributed by atoms with Gasteiger partial charge in [0.25, 0.3) is 0 Å². The van der Waals surface area contributed by atoms with E-state index in [1.807, 2.05) is 6.07 Å². The highest BCUT2D eigenvalue weighted by molar-refractivity contribution is 5.89. The molecule has 5 heteroatoms. The van der Waals surface area contributed by atoms with Gasteiger partial charge in [-0.15, -0.1) is 5.52 Å². The van der Waals surface area contributed by atoms with Gasteiger partial charge in [-0.1, -0.05) is 36.5 Å². The van der Waals surface area contributed by atoms with Gasteiger partial charge in [0.15, 0.2) is 0 Å². The Bertz CT molecular complexity index is 1100. The van der Waals surface area contributed by atoms with E-state index in [4.69, 9.17) is 14.5 Å². The van der Waals surface area contributed by atoms with Gasteiger partial charge in [0.1, 0.15) is 12.6 Å². The zero-order chi connectivity index (χ0) is 18.8. The fraction of sp³-hybridized carbons (Fsp3) is 0.409. The molecule has 1 saturated heterocycles. The maximum atomic E-state index is 12.4. The number of hydrogen-bond acceptors (Lipinski definition) is 3. The van der Waals surface area contributed by atoms with Crippen LogP contribution in [0.25, 0.3) is 22.7 Å². The van der Waals surface area contributed by atoms with E-state index >= 15 is 0 Å². The minimum absolute atomic E-state index is 0.0537. The summed E-state index contributed by atoms with van der Waals surface area (Å²) in [5.74, 6) is -0.205. The Morgan fingerprint density at radius 1 is 1.37 bits per heavy atom. The van der Waals surface area contributed by atoms with Gasteiger partial charge >= 0.3 is 5.97 Å². The monoisotopic (exact) mass is 364 g/mol. The lowest BCUT2D eigenvalue weighted by molar-refractivity contribution is -0.835. The normalized spacial score (nSPS) is 31.7. The van der Waals surface area contributed by atoms with Crippen LogP contribution < -0.4 is 20.5 Å². The van der Waals surface area contributed by atoms with Gasteiger partial charge in [0.2, 0.25) is 0 Å². The molecule has 140 valence electrons. The molecule has 0 bridgehead atoms. The fourth-order valence-corrected chi connectivity index (χ4v) is 5.11. The number of hydrogen-bond donors (Lipinski definition) is 1. The molecule has 4 atom stereocenters. The molecule has 0 spiro atoms. The number of ether oxygens (including phenoxy) is 2. The summed E-state index contributed by atoms with van der Waals surface area (Å²) in [6, 6.07) is 8.32. The smallest absolute Gasteiger partial charge is 0.337 e. The number of methoxy groups -OCH3 is 1. The zero-order valence-electron chi connectivity index (χ0n) is 15.9. The van der Waals surface area contributed by atoms with Gasteiger partial charge in [-0.3, -0.25) is 0 Å². The van der Waals surface area contributed by atoms with Crippen LogP contribution in [0, 0.1) is 11.3 Å². The van der Waals surface area contributed by atoms with E-state index in [9.17, 15) is 4.79 Å². The van der Waals surface area contributed by atoms with Gasteiger partial charge in [-0.2, -0.15) is 0 Å². The zero-order valence-corrected chi connectivity index (χ0v) is 15.9. The van der Waals surface area contributed by atoms with Gasteiger partial charge < -0.3 is 19.4 Å². The summed E-state index contributed by atoms with van der Waals surface area (Å²) in [6.07, 6.45) is 4.81. The van der Waals surface area contributed by atoms with E-state index in [0.29, 0.717) is 5.57 Å². The third-order valence-corrected chi connectivity index (χ3v) is 6.87. The number of nitrogens with zero attached hydrogens (tertiary/aromatic N) is 1. The van der Waals surface area contributed by atoms with E-state index in [1.54, 1.807) is 6.26 Å². The molecule has 2 aromatic rings. The maximum absolute atomic E-state index is 12.4. The maximum Gasteiger partial charge on any atom is 0.337 e. The molecule has 4 unspecified atom stereocenters. The Morgan fingerprint density at radius 2 is 2.19 bits per heavy atom. The van der Waals surface area contributed by atoms with Gasteiger partial charge in [0, 0.05) is 12.3 Å². The minimum atomic E-state index is -0.287. The first kappa shape index (κ1) is 16.6. The third-order valence-electron chi connectivity index (χ3n) is 6.87. The van der Waals surface area contributed by atoms with Crippen LogP contribution in [0.1, 0.15) is 20.3 Å². The van der Waals surface area contributed by atoms with Crippen molar-refractivity contribution in [2.24, 2.45) is 11.3 Å². The molecule has 3 aliphatic rings. The topological polar surface area (TPSA) is 54.1 Å². The molecule has 1 N–H and O–H groups in total. The van der Waals surface area contributed by atoms with Crippen molar-refractivity contribution in [2.75, 3.05) is 20.2 Å². The summed E-state index contributed by atoms with van der Waals surface area (Å²) in [5, 5.41) is 3.57. The van der Waals surface area contributed by atoms with Crippen LogP contribution in [0.2, 0.25) is 0 Å². The molecular weight excluding hydrogens is 340 g/mol. The van der Waals surface area contributed by atoms with Crippen LogP contribution in [0.5, 0.6) is 0 Å². The highest BCUT2D eigenvalue weighted by atomic mass is 16.5. The molecule has 5 nitrogen and oxygen atoms in total. The first-order chi connectivity index (χ1) is 13.0. The van der Waals surface area contributed by atoms with Crippen molar-refractivity contribution in [3.8, 4) is 0 Å². The van der Waals surface area contributed by atoms with Crippen LogP contribution in [0.3, 0.4) is 0 Å². The van der Waals surface area contributed by atoms with Crippen molar-refractivity contribution >= 4 is 28.6 Å². The summed E-state index contributed by atoms with van der Waals surface area (Å²) < 4.78 is 10.9. The molecular formula is C22H24N2O3. The largest absolute Gasteiger partial charge is 0.652 e. The lowest BCUT2D eigenvalue weighted by Crippen LogP contribution is -3.14. The SMILES string of the molecule is COC(=O)C1=COC(C)C2(C)C[NH+]3CC=c4c([n-]c5ccccc45)=C3CC12. The number of piperidine rings is 1. The summed E-state index contributed by atoms with van der Waals surface area (Å²) in [5.41, 5.74) is 2.89. The summed E-state index contributed by atoms with van der Waals surface area (Å²) >= 11 is 0. The number of carbonyl (C=O) groups is 1. The number of nitrogens with one attached hydrogen (secondary N) is 1. The molecule has 1 fully saturated rings. The van der Waals surface area contributed by atoms with Crippen LogP contribution in [0.4, 0.5) is 0 Å². The molecule has 0 saturated carbocycles. The number of aromatic nitrogens is 1. The molecule has 0 radical (unpaired) electrons. The average molecular weight is 364 g/mol. The molecule has 1 aromatic carbocycles. The highest BCUT2D eigenvalue weighted by Gasteiger charge is 2.54. The fourth-order valence-electron chi connectivity index (χ4n) is 5.11. The van der Waals surface area contributed by atoms with Crippen LogP contribution >= 0.6 is 0 Å². The molecule has 4 heterocycles. The second-order valence-corrected chi connectivity index (χ2v) is 8.16. The van der Waals surface area contributed by atoms with Gasteiger partial charge in [-0.05, 0) is 23.6 Å². The van der Waals surface area contributed by atoms with Crippen LogP contribution in [0.15, 0.2) is 36.1 Å². The number of carbonyl (C=O) groups excluding carboxylic acids is 1. The van der Waals surface area contributed by atoms with Crippen molar-refractivity contribution in [1.29, 1.82) is 0 Å². The number of rotatable bonds is 1. The first-order valence-electron chi connectivity index (χ1n) is 9.56. The number of para-hydroxylation sites is 1. The van der Waals surface area contributed by atoms with E-state index in [0.717, 1.165) is 30.4 Å². The standard InChI is InChI=1S/C22H23N2O3/c1-13-22(2)12-24-9-8-15-14-6-4-5-7-18(14)23-20(15)19(24)10-17(22)16(11-27-13)21(25)26-3/h4-8,11,13,17H,9-10,12H2,1-3H3/q-1/p+1. The lowest BCUT2D eigenvalue weighted by Gasteiger charge is -2.50. The number of quaternary nitrogens is 1.